The quantitative estimate of drug-likeness (QED) is 0.258. The minimum atomic E-state index is 0.966. The van der Waals surface area contributed by atoms with Crippen LogP contribution < -0.4 is 0 Å². The lowest BCUT2D eigenvalue weighted by atomic mass is 9.93. The lowest BCUT2D eigenvalue weighted by Crippen LogP contribution is -1.91. The van der Waals surface area contributed by atoms with E-state index in [0.717, 1.165) is 12.8 Å². The molecule has 0 aliphatic heterocycles. The summed E-state index contributed by atoms with van der Waals surface area (Å²) in [7, 11) is 0. The van der Waals surface area contributed by atoms with E-state index in [1.807, 2.05) is 11.3 Å². The first-order valence-corrected chi connectivity index (χ1v) is 12.4. The van der Waals surface area contributed by atoms with Crippen LogP contribution in [0.4, 0.5) is 0 Å². The van der Waals surface area contributed by atoms with Gasteiger partial charge in [-0.25, -0.2) is 0 Å². The predicted molar refractivity (Wildman–Crippen MR) is 142 cm³/mol. The Morgan fingerprint density at radius 3 is 2.36 bits per heavy atom. The summed E-state index contributed by atoms with van der Waals surface area (Å²) in [4.78, 5) is 0. The van der Waals surface area contributed by atoms with Gasteiger partial charge in [0.05, 0.1) is 0 Å². The van der Waals surface area contributed by atoms with Crippen molar-refractivity contribution < 1.29 is 0 Å². The zero-order valence-corrected chi connectivity index (χ0v) is 19.0. The normalized spacial score (nSPS) is 12.2. The maximum Gasteiger partial charge on any atom is 0.0358 e. The lowest BCUT2D eigenvalue weighted by Gasteiger charge is -2.11. The van der Waals surface area contributed by atoms with Gasteiger partial charge in [-0.3, -0.25) is 0 Å². The molecule has 1 heteroatoms. The van der Waals surface area contributed by atoms with E-state index in [9.17, 15) is 0 Å². The van der Waals surface area contributed by atoms with E-state index < -0.39 is 0 Å². The molecule has 0 unspecified atom stereocenters. The molecule has 1 aromatic heterocycles. The van der Waals surface area contributed by atoms with Crippen molar-refractivity contribution in [2.75, 3.05) is 0 Å². The van der Waals surface area contributed by atoms with E-state index in [1.165, 1.54) is 64.7 Å². The molecule has 0 saturated carbocycles. The van der Waals surface area contributed by atoms with Crippen LogP contribution in [-0.4, -0.2) is 0 Å². The molecular formula is C32H22S. The minimum Gasteiger partial charge on any atom is -0.135 e. The highest BCUT2D eigenvalue weighted by Crippen LogP contribution is 2.43. The van der Waals surface area contributed by atoms with Crippen LogP contribution in [0.1, 0.15) is 22.3 Å². The van der Waals surface area contributed by atoms with Gasteiger partial charge in [-0.2, -0.15) is 0 Å². The first-order valence-electron chi connectivity index (χ1n) is 11.5. The van der Waals surface area contributed by atoms with Crippen LogP contribution >= 0.6 is 11.3 Å². The molecule has 0 N–H and O–H groups in total. The zero-order chi connectivity index (χ0) is 21.8. The predicted octanol–water partition coefficient (Wildman–Crippen LogP) is 8.88. The van der Waals surface area contributed by atoms with Crippen molar-refractivity contribution in [3.63, 3.8) is 0 Å². The van der Waals surface area contributed by atoms with E-state index in [-0.39, 0.29) is 0 Å². The summed E-state index contributed by atoms with van der Waals surface area (Å²) in [5.41, 5.74) is 11.2. The summed E-state index contributed by atoms with van der Waals surface area (Å²) in [5.74, 6) is 0. The topological polar surface area (TPSA) is 0 Å². The molecular weight excluding hydrogens is 416 g/mol. The second kappa shape index (κ2) is 7.43. The van der Waals surface area contributed by atoms with Crippen LogP contribution in [0, 0.1) is 0 Å². The van der Waals surface area contributed by atoms with Crippen molar-refractivity contribution in [1.82, 2.24) is 0 Å². The minimum absolute atomic E-state index is 0.966. The molecule has 0 atom stereocenters. The highest BCUT2D eigenvalue weighted by Gasteiger charge is 2.22. The van der Waals surface area contributed by atoms with Gasteiger partial charge in [0.2, 0.25) is 0 Å². The Morgan fingerprint density at radius 1 is 0.606 bits per heavy atom. The third-order valence-corrected chi connectivity index (χ3v) is 8.07. The molecule has 0 fully saturated rings. The van der Waals surface area contributed by atoms with Gasteiger partial charge in [0.15, 0.2) is 0 Å². The van der Waals surface area contributed by atoms with E-state index in [0.29, 0.717) is 0 Å². The van der Waals surface area contributed by atoms with Gasteiger partial charge in [0.1, 0.15) is 0 Å². The molecule has 1 aliphatic carbocycles. The van der Waals surface area contributed by atoms with Crippen molar-refractivity contribution >= 4 is 31.5 Å². The second-order valence-electron chi connectivity index (χ2n) is 8.94. The number of thiophene rings is 1. The molecule has 1 heterocycles. The average Bonchev–Trinajstić information content (AvgIpc) is 3.43. The van der Waals surface area contributed by atoms with Gasteiger partial charge < -0.3 is 0 Å². The Balaban J connectivity index is 1.31. The maximum atomic E-state index is 2.44. The van der Waals surface area contributed by atoms with Crippen molar-refractivity contribution in [3.8, 4) is 22.3 Å². The summed E-state index contributed by atoms with van der Waals surface area (Å²) < 4.78 is 2.76. The summed E-state index contributed by atoms with van der Waals surface area (Å²) >= 11 is 1.90. The highest BCUT2D eigenvalue weighted by molar-refractivity contribution is 7.25. The molecule has 0 amide bonds. The molecule has 1 aliphatic rings. The van der Waals surface area contributed by atoms with Crippen molar-refractivity contribution in [2.45, 2.75) is 12.8 Å². The highest BCUT2D eigenvalue weighted by atomic mass is 32.1. The van der Waals surface area contributed by atoms with Crippen LogP contribution in [0.3, 0.4) is 0 Å². The van der Waals surface area contributed by atoms with Gasteiger partial charge in [0.25, 0.3) is 0 Å². The zero-order valence-electron chi connectivity index (χ0n) is 18.2. The Bertz CT molecular complexity index is 1650. The van der Waals surface area contributed by atoms with Crippen LogP contribution in [0.2, 0.25) is 0 Å². The second-order valence-corrected chi connectivity index (χ2v) is 10.0. The monoisotopic (exact) mass is 438 g/mol. The molecule has 0 radical (unpaired) electrons. The first-order chi connectivity index (χ1) is 16.3. The molecule has 0 nitrogen and oxygen atoms in total. The average molecular weight is 439 g/mol. The van der Waals surface area contributed by atoms with Crippen LogP contribution in [0.25, 0.3) is 42.4 Å². The third kappa shape index (κ3) is 3.04. The standard InChI is InChI=1S/C32H22S/c1-2-8-22(9-3-1)26-13-6-10-24-20-25-19-21(16-17-27(25)31(24)26)18-23-11-7-15-30-32(23)28-12-4-5-14-29(28)33-30/h1-17,19H,18,20H2. The molecule has 7 rings (SSSR count). The fourth-order valence-electron chi connectivity index (χ4n) is 5.49. The van der Waals surface area contributed by atoms with Gasteiger partial charge in [-0.05, 0) is 69.5 Å². The molecule has 0 bridgehead atoms. The van der Waals surface area contributed by atoms with Crippen molar-refractivity contribution in [3.05, 3.63) is 131 Å². The molecule has 0 spiro atoms. The van der Waals surface area contributed by atoms with Gasteiger partial charge >= 0.3 is 0 Å². The van der Waals surface area contributed by atoms with Gasteiger partial charge in [-0.15, -0.1) is 11.3 Å². The van der Waals surface area contributed by atoms with Crippen LogP contribution in [0.15, 0.2) is 109 Å². The number of rotatable bonds is 3. The molecule has 6 aromatic rings. The Hall–Kier alpha value is -3.68. The third-order valence-electron chi connectivity index (χ3n) is 6.94. The van der Waals surface area contributed by atoms with Crippen molar-refractivity contribution in [1.29, 1.82) is 0 Å². The van der Waals surface area contributed by atoms with Crippen LogP contribution in [-0.2, 0) is 12.8 Å². The maximum absolute atomic E-state index is 2.44. The SMILES string of the molecule is c1ccc(-c2cccc3c2-c2ccc(Cc4cccc5sc6ccccc6c45)cc2C3)cc1. The summed E-state index contributed by atoms with van der Waals surface area (Å²) in [6.07, 6.45) is 1.98. The van der Waals surface area contributed by atoms with Crippen molar-refractivity contribution in [2.24, 2.45) is 0 Å². The molecule has 156 valence electrons. The number of hydrogen-bond donors (Lipinski definition) is 0. The summed E-state index contributed by atoms with van der Waals surface area (Å²) in [5, 5.41) is 2.81. The van der Waals surface area contributed by atoms with Gasteiger partial charge in [-0.1, -0.05) is 97.1 Å². The number of fused-ring (bicyclic) bond motifs is 6. The van der Waals surface area contributed by atoms with Gasteiger partial charge in [0, 0.05) is 20.2 Å². The van der Waals surface area contributed by atoms with E-state index in [1.54, 1.807) is 0 Å². The fraction of sp³-hybridized carbons (Fsp3) is 0.0625. The number of benzene rings is 5. The molecule has 5 aromatic carbocycles. The Kier molecular flexibility index (Phi) is 4.25. The fourth-order valence-corrected chi connectivity index (χ4v) is 6.64. The summed E-state index contributed by atoms with van der Waals surface area (Å²) in [6.45, 7) is 0. The largest absolute Gasteiger partial charge is 0.135 e. The first kappa shape index (κ1) is 18.8. The smallest absolute Gasteiger partial charge is 0.0358 e. The molecule has 0 saturated heterocycles. The van der Waals surface area contributed by atoms with E-state index >= 15 is 0 Å². The summed E-state index contributed by atoms with van der Waals surface area (Å²) in [6, 6.07) is 40.2. The number of hydrogen-bond acceptors (Lipinski definition) is 1. The Morgan fingerprint density at radius 2 is 1.42 bits per heavy atom. The lowest BCUT2D eigenvalue weighted by molar-refractivity contribution is 1.18. The van der Waals surface area contributed by atoms with E-state index in [2.05, 4.69) is 109 Å². The van der Waals surface area contributed by atoms with Crippen LogP contribution in [0.5, 0.6) is 0 Å². The van der Waals surface area contributed by atoms with E-state index in [4.69, 9.17) is 0 Å². The molecule has 33 heavy (non-hydrogen) atoms. The Labute approximate surface area is 197 Å².